The number of alkyl halides is 9. The highest BCUT2D eigenvalue weighted by Crippen LogP contribution is 2.41. The predicted molar refractivity (Wildman–Crippen MR) is 136 cm³/mol. The number of carboxylic acid groups (broad SMARTS) is 3. The van der Waals surface area contributed by atoms with Crippen LogP contribution >= 0.6 is 11.3 Å². The number of pyridine rings is 1. The van der Waals surface area contributed by atoms with Crippen molar-refractivity contribution in [1.29, 1.82) is 0 Å². The van der Waals surface area contributed by atoms with Gasteiger partial charge in [-0.3, -0.25) is 14.8 Å². The minimum atomic E-state index is -5.08. The van der Waals surface area contributed by atoms with Gasteiger partial charge in [-0.2, -0.15) is 39.5 Å². The third-order valence-corrected chi connectivity index (χ3v) is 7.09. The van der Waals surface area contributed by atoms with E-state index < -0.39 is 36.4 Å². The van der Waals surface area contributed by atoms with Gasteiger partial charge in [0.2, 0.25) is 0 Å². The number of likely N-dealkylation sites (tertiary alicyclic amines) is 2. The predicted octanol–water partition coefficient (Wildman–Crippen LogP) is 5.53. The second kappa shape index (κ2) is 16.6. The van der Waals surface area contributed by atoms with E-state index in [1.165, 1.54) is 56.0 Å². The number of aromatic nitrogens is 1. The fraction of sp³-hybridized carbons (Fsp3) is 0.520. The molecule has 4 rings (SSSR count). The monoisotopic (exact) mass is 669 g/mol. The summed E-state index contributed by atoms with van der Waals surface area (Å²) in [5.41, 5.74) is 1.78. The Hall–Kier alpha value is -3.45. The van der Waals surface area contributed by atoms with E-state index >= 15 is 0 Å². The number of carboxylic acids is 3. The molecule has 0 bridgehead atoms. The van der Waals surface area contributed by atoms with Crippen LogP contribution in [0.2, 0.25) is 0 Å². The molecule has 44 heavy (non-hydrogen) atoms. The first-order valence-electron chi connectivity index (χ1n) is 12.4. The fourth-order valence-corrected chi connectivity index (χ4v) is 4.85. The molecule has 4 heterocycles. The van der Waals surface area contributed by atoms with E-state index in [0.717, 1.165) is 13.1 Å². The lowest BCUT2D eigenvalue weighted by atomic mass is 9.78. The van der Waals surface area contributed by atoms with E-state index in [9.17, 15) is 39.5 Å². The van der Waals surface area contributed by atoms with Crippen molar-refractivity contribution in [3.8, 4) is 0 Å². The van der Waals surface area contributed by atoms with Gasteiger partial charge in [-0.25, -0.2) is 14.4 Å². The minimum Gasteiger partial charge on any atom is -0.475 e. The Morgan fingerprint density at radius 2 is 1.18 bits per heavy atom. The van der Waals surface area contributed by atoms with Crippen LogP contribution in [-0.2, 0) is 27.5 Å². The Labute approximate surface area is 248 Å². The molecule has 0 unspecified atom stereocenters. The van der Waals surface area contributed by atoms with Crippen LogP contribution in [0.4, 0.5) is 39.5 Å². The van der Waals surface area contributed by atoms with Crippen LogP contribution in [0, 0.1) is 5.41 Å². The molecule has 248 valence electrons. The lowest BCUT2D eigenvalue weighted by Gasteiger charge is -2.39. The molecule has 0 saturated carbocycles. The highest BCUT2D eigenvalue weighted by atomic mass is 32.1. The average Bonchev–Trinajstić information content (AvgIpc) is 3.56. The van der Waals surface area contributed by atoms with Crippen LogP contribution in [0.3, 0.4) is 0 Å². The maximum atomic E-state index is 10.6. The molecule has 0 radical (unpaired) electrons. The van der Waals surface area contributed by atoms with Gasteiger partial charge in [-0.1, -0.05) is 12.1 Å². The van der Waals surface area contributed by atoms with Gasteiger partial charge in [-0.15, -0.1) is 11.3 Å². The Balaban J connectivity index is 0.000000379. The molecule has 2 saturated heterocycles. The van der Waals surface area contributed by atoms with Gasteiger partial charge in [-0.05, 0) is 67.9 Å². The quantitative estimate of drug-likeness (QED) is 0.360. The largest absolute Gasteiger partial charge is 0.490 e. The molecule has 0 aliphatic carbocycles. The summed E-state index contributed by atoms with van der Waals surface area (Å²) in [4.78, 5) is 37.9. The highest BCUT2D eigenvalue weighted by Gasteiger charge is 2.41. The first kappa shape index (κ1) is 38.6. The van der Waals surface area contributed by atoms with E-state index in [0.29, 0.717) is 5.41 Å². The topological polar surface area (TPSA) is 131 Å². The molecule has 0 atom stereocenters. The number of hydrogen-bond acceptors (Lipinski definition) is 7. The molecule has 19 heteroatoms. The van der Waals surface area contributed by atoms with Gasteiger partial charge >= 0.3 is 36.4 Å². The Kier molecular flexibility index (Phi) is 14.5. The number of carbonyl (C=O) groups is 3. The maximum absolute atomic E-state index is 10.6. The molecule has 2 aromatic rings. The van der Waals surface area contributed by atoms with E-state index in [-0.39, 0.29) is 0 Å². The van der Waals surface area contributed by atoms with Crippen molar-refractivity contribution < 1.29 is 69.2 Å². The number of aliphatic carboxylic acids is 3. The summed E-state index contributed by atoms with van der Waals surface area (Å²) in [5.74, 6) is -8.27. The number of hydrogen-bond donors (Lipinski definition) is 3. The van der Waals surface area contributed by atoms with E-state index in [1.54, 1.807) is 0 Å². The number of piperidine rings is 1. The van der Waals surface area contributed by atoms with Gasteiger partial charge in [0.05, 0.1) is 5.69 Å². The normalized spacial score (nSPS) is 16.8. The van der Waals surface area contributed by atoms with Crippen LogP contribution in [0.5, 0.6) is 0 Å². The lowest BCUT2D eigenvalue weighted by Crippen LogP contribution is -2.41. The molecule has 0 aromatic carbocycles. The second-order valence-corrected chi connectivity index (χ2v) is 10.6. The van der Waals surface area contributed by atoms with Crippen molar-refractivity contribution in [1.82, 2.24) is 14.8 Å². The van der Waals surface area contributed by atoms with Crippen molar-refractivity contribution in [2.24, 2.45) is 5.41 Å². The summed E-state index contributed by atoms with van der Waals surface area (Å²) in [6, 6.07) is 10.7. The number of nitrogens with zero attached hydrogens (tertiary/aromatic N) is 3. The van der Waals surface area contributed by atoms with Crippen LogP contribution in [0.25, 0.3) is 0 Å². The van der Waals surface area contributed by atoms with Crippen molar-refractivity contribution in [3.63, 3.8) is 0 Å². The molecular formula is C25H28F9N3O6S. The third kappa shape index (κ3) is 14.8. The summed E-state index contributed by atoms with van der Waals surface area (Å²) in [7, 11) is 0. The standard InChI is InChI=1S/C19H25N3S.3C2HF3O2/c1-2-9-20-17(4-1)14-21-10-6-19(7-11-21)8-12-22(16-19)15-18-5-3-13-23-18;3*3-2(4,5)1(6)7/h1-5,9,13H,6-8,10-12,14-16H2;3*(H,6,7). The smallest absolute Gasteiger partial charge is 0.475 e. The molecule has 2 aromatic heterocycles. The summed E-state index contributed by atoms with van der Waals surface area (Å²) in [6.07, 6.45) is -9.27. The molecule has 1 spiro atoms. The Bertz CT molecular complexity index is 1110. The maximum Gasteiger partial charge on any atom is 0.490 e. The summed E-state index contributed by atoms with van der Waals surface area (Å²) < 4.78 is 95.2. The Morgan fingerprint density at radius 3 is 1.55 bits per heavy atom. The number of halogens is 9. The fourth-order valence-electron chi connectivity index (χ4n) is 4.10. The lowest BCUT2D eigenvalue weighted by molar-refractivity contribution is -0.193. The van der Waals surface area contributed by atoms with Crippen LogP contribution in [0.15, 0.2) is 41.9 Å². The van der Waals surface area contributed by atoms with Crippen LogP contribution < -0.4 is 0 Å². The van der Waals surface area contributed by atoms with Gasteiger partial charge in [0, 0.05) is 30.7 Å². The Morgan fingerprint density at radius 1 is 0.727 bits per heavy atom. The zero-order valence-corrected chi connectivity index (χ0v) is 23.4. The number of rotatable bonds is 4. The minimum absolute atomic E-state index is 0.581. The molecule has 0 amide bonds. The van der Waals surface area contributed by atoms with Crippen molar-refractivity contribution in [2.75, 3.05) is 26.2 Å². The van der Waals surface area contributed by atoms with Crippen LogP contribution in [0.1, 0.15) is 29.8 Å². The van der Waals surface area contributed by atoms with Crippen molar-refractivity contribution >= 4 is 29.2 Å². The van der Waals surface area contributed by atoms with E-state index in [1.807, 2.05) is 23.6 Å². The van der Waals surface area contributed by atoms with Gasteiger partial charge in [0.15, 0.2) is 0 Å². The third-order valence-electron chi connectivity index (χ3n) is 6.23. The molecule has 2 fully saturated rings. The first-order valence-corrected chi connectivity index (χ1v) is 13.3. The molecule has 2 aliphatic rings. The van der Waals surface area contributed by atoms with Crippen molar-refractivity contribution in [2.45, 2.75) is 50.9 Å². The average molecular weight is 670 g/mol. The van der Waals surface area contributed by atoms with Crippen molar-refractivity contribution in [3.05, 3.63) is 52.5 Å². The zero-order valence-electron chi connectivity index (χ0n) is 22.6. The zero-order chi connectivity index (χ0) is 33.8. The summed E-state index contributed by atoms with van der Waals surface area (Å²) >= 11 is 1.89. The summed E-state index contributed by atoms with van der Waals surface area (Å²) in [6.45, 7) is 7.18. The van der Waals surface area contributed by atoms with E-state index in [4.69, 9.17) is 29.7 Å². The van der Waals surface area contributed by atoms with Gasteiger partial charge in [0.1, 0.15) is 0 Å². The van der Waals surface area contributed by atoms with Gasteiger partial charge in [0.25, 0.3) is 0 Å². The van der Waals surface area contributed by atoms with Gasteiger partial charge < -0.3 is 15.3 Å². The van der Waals surface area contributed by atoms with Crippen LogP contribution in [-0.4, -0.2) is 92.7 Å². The molecule has 9 nitrogen and oxygen atoms in total. The molecular weight excluding hydrogens is 641 g/mol. The molecule has 3 N–H and O–H groups in total. The van der Waals surface area contributed by atoms with E-state index in [2.05, 4.69) is 44.4 Å². The highest BCUT2D eigenvalue weighted by molar-refractivity contribution is 7.09. The molecule has 2 aliphatic heterocycles. The number of thiophene rings is 1. The summed E-state index contributed by atoms with van der Waals surface area (Å²) in [5, 5.41) is 23.6. The second-order valence-electron chi connectivity index (χ2n) is 9.55. The SMILES string of the molecule is O=C(O)C(F)(F)F.O=C(O)C(F)(F)F.O=C(O)C(F)(F)F.c1ccc(CN2CCC3(CC2)CCN(Cc2cccs2)C3)nc1. The first-order chi connectivity index (χ1) is 20.1.